The summed E-state index contributed by atoms with van der Waals surface area (Å²) in [6, 6.07) is 6.97. The molecule has 0 bridgehead atoms. The third-order valence-electron chi connectivity index (χ3n) is 2.53. The molecule has 9 heteroatoms. The molecule has 1 aromatic heterocycles. The lowest BCUT2D eigenvalue weighted by molar-refractivity contribution is -0.0493. The Morgan fingerprint density at radius 1 is 1.29 bits per heavy atom. The minimum atomic E-state index is -3.92. The van der Waals surface area contributed by atoms with Crippen LogP contribution in [-0.2, 0) is 16.6 Å². The van der Waals surface area contributed by atoms with Crippen molar-refractivity contribution in [3.8, 4) is 5.75 Å². The van der Waals surface area contributed by atoms with Crippen molar-refractivity contribution in [3.63, 3.8) is 0 Å². The minimum Gasteiger partial charge on any atom is -0.433 e. The monoisotopic (exact) mass is 334 g/mol. The zero-order chi connectivity index (χ0) is 15.5. The molecule has 114 valence electrons. The predicted octanol–water partition coefficient (Wildman–Crippen LogP) is 2.61. The first-order chi connectivity index (χ1) is 9.94. The topological polar surface area (TPSA) is 81.4 Å². The maximum atomic E-state index is 12.3. The molecule has 0 fully saturated rings. The molecule has 0 aliphatic rings. The molecule has 0 saturated heterocycles. The number of sulfonamides is 1. The van der Waals surface area contributed by atoms with Crippen LogP contribution in [0.5, 0.6) is 5.75 Å². The van der Waals surface area contributed by atoms with E-state index in [1.165, 1.54) is 41.7 Å². The molecule has 0 saturated carbocycles. The van der Waals surface area contributed by atoms with Crippen LogP contribution in [0.25, 0.3) is 0 Å². The van der Waals surface area contributed by atoms with Crippen molar-refractivity contribution in [1.29, 1.82) is 0 Å². The molecule has 3 N–H and O–H groups in total. The molecule has 2 rings (SSSR count). The number of ether oxygens (including phenoxy) is 1. The van der Waals surface area contributed by atoms with E-state index in [0.717, 1.165) is 0 Å². The fourth-order valence-corrected chi connectivity index (χ4v) is 4.07. The lowest BCUT2D eigenvalue weighted by Gasteiger charge is -2.13. The quantitative estimate of drug-likeness (QED) is 0.851. The van der Waals surface area contributed by atoms with Crippen LogP contribution < -0.4 is 15.2 Å². The molecule has 1 heterocycles. The highest BCUT2D eigenvalue weighted by Gasteiger charge is 2.21. The molecule has 0 aliphatic heterocycles. The van der Waals surface area contributed by atoms with E-state index in [0.29, 0.717) is 4.88 Å². The van der Waals surface area contributed by atoms with Crippen LogP contribution in [0.4, 0.5) is 14.5 Å². The van der Waals surface area contributed by atoms with Crippen molar-refractivity contribution in [3.05, 3.63) is 40.6 Å². The number of thiophene rings is 1. The first-order valence-electron chi connectivity index (χ1n) is 5.77. The normalized spacial score (nSPS) is 11.6. The van der Waals surface area contributed by atoms with Gasteiger partial charge in [0.15, 0.2) is 0 Å². The van der Waals surface area contributed by atoms with Crippen LogP contribution in [0, 0.1) is 0 Å². The number of hydrogen-bond donors (Lipinski definition) is 2. The third kappa shape index (κ3) is 3.69. The molecule has 0 amide bonds. The smallest absolute Gasteiger partial charge is 0.387 e. The fourth-order valence-electron chi connectivity index (χ4n) is 1.67. The van der Waals surface area contributed by atoms with E-state index >= 15 is 0 Å². The number of alkyl halides is 2. The van der Waals surface area contributed by atoms with Gasteiger partial charge in [-0.1, -0.05) is 12.1 Å². The molecule has 5 nitrogen and oxygen atoms in total. The first kappa shape index (κ1) is 15.7. The van der Waals surface area contributed by atoms with Crippen LogP contribution in [-0.4, -0.2) is 15.0 Å². The summed E-state index contributed by atoms with van der Waals surface area (Å²) in [7, 11) is -3.92. The molecule has 0 atom stereocenters. The van der Waals surface area contributed by atoms with E-state index in [4.69, 9.17) is 5.73 Å². The number of rotatable bonds is 6. The van der Waals surface area contributed by atoms with Gasteiger partial charge in [0.1, 0.15) is 10.6 Å². The van der Waals surface area contributed by atoms with Crippen molar-refractivity contribution in [2.45, 2.75) is 18.1 Å². The molecule has 0 aliphatic carbocycles. The van der Waals surface area contributed by atoms with Crippen molar-refractivity contribution < 1.29 is 21.9 Å². The maximum Gasteiger partial charge on any atom is 0.387 e. The summed E-state index contributed by atoms with van der Waals surface area (Å²) in [5.41, 5.74) is 5.41. The standard InChI is InChI=1S/C12H12F2N2O3S2/c13-12(14)19-9-4-2-1-3-8(9)16-21(17,18)11-5-6-20-10(11)7-15/h1-6,12,16H,7,15H2. The second-order valence-corrected chi connectivity index (χ2v) is 6.54. The second kappa shape index (κ2) is 6.37. The summed E-state index contributed by atoms with van der Waals surface area (Å²) < 4.78 is 55.7. The Morgan fingerprint density at radius 3 is 2.67 bits per heavy atom. The highest BCUT2D eigenvalue weighted by molar-refractivity contribution is 7.93. The highest BCUT2D eigenvalue weighted by Crippen LogP contribution is 2.29. The lowest BCUT2D eigenvalue weighted by Crippen LogP contribution is -2.16. The van der Waals surface area contributed by atoms with Crippen molar-refractivity contribution >= 4 is 27.0 Å². The number of nitrogens with two attached hydrogens (primary N) is 1. The zero-order valence-corrected chi connectivity index (χ0v) is 12.3. The second-order valence-electron chi connectivity index (χ2n) is 3.89. The van der Waals surface area contributed by atoms with Crippen LogP contribution >= 0.6 is 11.3 Å². The van der Waals surface area contributed by atoms with E-state index in [2.05, 4.69) is 9.46 Å². The van der Waals surface area contributed by atoms with E-state index in [9.17, 15) is 17.2 Å². The molecule has 2 aromatic rings. The van der Waals surface area contributed by atoms with Gasteiger partial charge in [-0.25, -0.2) is 8.42 Å². The van der Waals surface area contributed by atoms with Crippen molar-refractivity contribution in [2.75, 3.05) is 4.72 Å². The number of halogens is 2. The van der Waals surface area contributed by atoms with Crippen LogP contribution in [0.15, 0.2) is 40.6 Å². The van der Waals surface area contributed by atoms with Crippen molar-refractivity contribution in [2.24, 2.45) is 5.73 Å². The highest BCUT2D eigenvalue weighted by atomic mass is 32.2. The summed E-state index contributed by atoms with van der Waals surface area (Å²) in [4.78, 5) is 0.511. The van der Waals surface area contributed by atoms with Gasteiger partial charge < -0.3 is 10.5 Å². The first-order valence-corrected chi connectivity index (χ1v) is 8.13. The zero-order valence-electron chi connectivity index (χ0n) is 10.6. The Bertz CT molecular complexity index is 717. The average Bonchev–Trinajstić information content (AvgIpc) is 2.89. The largest absolute Gasteiger partial charge is 0.433 e. The summed E-state index contributed by atoms with van der Waals surface area (Å²) >= 11 is 1.21. The van der Waals surface area contributed by atoms with E-state index in [1.807, 2.05) is 0 Å². The summed E-state index contributed by atoms with van der Waals surface area (Å²) in [5.74, 6) is -0.249. The van der Waals surface area contributed by atoms with Crippen LogP contribution in [0.2, 0.25) is 0 Å². The minimum absolute atomic E-state index is 0.0295. The number of hydrogen-bond acceptors (Lipinski definition) is 5. The third-order valence-corrected chi connectivity index (χ3v) is 5.05. The average molecular weight is 334 g/mol. The fraction of sp³-hybridized carbons (Fsp3) is 0.167. The maximum absolute atomic E-state index is 12.3. The summed E-state index contributed by atoms with van der Waals surface area (Å²) in [5, 5.41) is 1.60. The van der Waals surface area contributed by atoms with Gasteiger partial charge in [0.25, 0.3) is 10.0 Å². The van der Waals surface area contributed by atoms with Gasteiger partial charge in [0, 0.05) is 11.4 Å². The van der Waals surface area contributed by atoms with Crippen LogP contribution in [0.3, 0.4) is 0 Å². The van der Waals surface area contributed by atoms with Gasteiger partial charge in [-0.15, -0.1) is 11.3 Å². The van der Waals surface area contributed by atoms with Crippen LogP contribution in [0.1, 0.15) is 4.88 Å². The van der Waals surface area contributed by atoms with E-state index in [-0.39, 0.29) is 22.9 Å². The Balaban J connectivity index is 2.33. The number of anilines is 1. The van der Waals surface area contributed by atoms with E-state index in [1.54, 1.807) is 5.38 Å². The Labute approximate surface area is 124 Å². The number of nitrogens with one attached hydrogen (secondary N) is 1. The van der Waals surface area contributed by atoms with E-state index < -0.39 is 16.6 Å². The molecule has 0 radical (unpaired) electrons. The molecule has 1 aromatic carbocycles. The Morgan fingerprint density at radius 2 is 2.00 bits per heavy atom. The molecule has 21 heavy (non-hydrogen) atoms. The molecule has 0 unspecified atom stereocenters. The molecular formula is C12H12F2N2O3S2. The van der Waals surface area contributed by atoms with Gasteiger partial charge >= 0.3 is 6.61 Å². The number of benzene rings is 1. The number of para-hydroxylation sites is 2. The SMILES string of the molecule is NCc1sccc1S(=O)(=O)Nc1ccccc1OC(F)F. The van der Waals surface area contributed by atoms with Gasteiger partial charge in [0.05, 0.1) is 5.69 Å². The lowest BCUT2D eigenvalue weighted by atomic mass is 10.3. The van der Waals surface area contributed by atoms with Gasteiger partial charge in [0.2, 0.25) is 0 Å². The summed E-state index contributed by atoms with van der Waals surface area (Å²) in [6.45, 7) is -2.97. The summed E-state index contributed by atoms with van der Waals surface area (Å²) in [6.07, 6.45) is 0. The van der Waals surface area contributed by atoms with Gasteiger partial charge in [-0.05, 0) is 23.6 Å². The predicted molar refractivity (Wildman–Crippen MR) is 76.1 cm³/mol. The van der Waals surface area contributed by atoms with Gasteiger partial charge in [-0.3, -0.25) is 4.72 Å². The Hall–Kier alpha value is -1.71. The Kier molecular flexibility index (Phi) is 4.76. The molecular weight excluding hydrogens is 322 g/mol. The van der Waals surface area contributed by atoms with Gasteiger partial charge in [-0.2, -0.15) is 8.78 Å². The molecule has 0 spiro atoms. The van der Waals surface area contributed by atoms with Crippen molar-refractivity contribution in [1.82, 2.24) is 0 Å².